The summed E-state index contributed by atoms with van der Waals surface area (Å²) in [6.07, 6.45) is 10.7. The highest BCUT2D eigenvalue weighted by Crippen LogP contribution is 2.31. The SMILES string of the molecule is COc1ccc(/C=C/c2cc(OC)cc(OC)c2/C=C/C(=O)/C=C/c2cccc3ccccc23)cc1. The van der Waals surface area contributed by atoms with Gasteiger partial charge in [-0.05, 0) is 63.9 Å². The molecule has 4 aromatic carbocycles. The number of rotatable bonds is 9. The van der Waals surface area contributed by atoms with Gasteiger partial charge in [0.1, 0.15) is 17.2 Å². The molecule has 0 atom stereocenters. The zero-order chi connectivity index (χ0) is 25.3. The van der Waals surface area contributed by atoms with E-state index in [1.165, 1.54) is 0 Å². The second kappa shape index (κ2) is 11.7. The highest BCUT2D eigenvalue weighted by molar-refractivity contribution is 6.06. The topological polar surface area (TPSA) is 44.8 Å². The second-order valence-electron chi connectivity index (χ2n) is 8.08. The van der Waals surface area contributed by atoms with E-state index in [0.29, 0.717) is 11.5 Å². The molecule has 0 aliphatic heterocycles. The fourth-order valence-electron chi connectivity index (χ4n) is 3.91. The smallest absolute Gasteiger partial charge is 0.178 e. The molecule has 0 radical (unpaired) electrons. The molecule has 0 aliphatic rings. The Hall–Kier alpha value is -4.57. The number of carbonyl (C=O) groups excluding carboxylic acids is 1. The van der Waals surface area contributed by atoms with E-state index < -0.39 is 0 Å². The number of fused-ring (bicyclic) bond motifs is 1. The van der Waals surface area contributed by atoms with Gasteiger partial charge in [-0.3, -0.25) is 4.79 Å². The van der Waals surface area contributed by atoms with Gasteiger partial charge >= 0.3 is 0 Å². The normalized spacial score (nSPS) is 11.5. The van der Waals surface area contributed by atoms with Crippen molar-refractivity contribution in [3.63, 3.8) is 0 Å². The van der Waals surface area contributed by atoms with Crippen LogP contribution in [0.4, 0.5) is 0 Å². The molecule has 0 spiro atoms. The Morgan fingerprint density at radius 2 is 1.36 bits per heavy atom. The van der Waals surface area contributed by atoms with E-state index >= 15 is 0 Å². The fourth-order valence-corrected chi connectivity index (χ4v) is 3.91. The first-order valence-electron chi connectivity index (χ1n) is 11.6. The van der Waals surface area contributed by atoms with Crippen LogP contribution < -0.4 is 14.2 Å². The van der Waals surface area contributed by atoms with E-state index in [1.54, 1.807) is 45.6 Å². The molecule has 4 heteroatoms. The van der Waals surface area contributed by atoms with Crippen molar-refractivity contribution in [3.05, 3.63) is 113 Å². The molecule has 0 unspecified atom stereocenters. The van der Waals surface area contributed by atoms with Crippen molar-refractivity contribution >= 4 is 40.9 Å². The summed E-state index contributed by atoms with van der Waals surface area (Å²) in [6, 6.07) is 25.7. The van der Waals surface area contributed by atoms with Crippen molar-refractivity contribution in [3.8, 4) is 17.2 Å². The predicted molar refractivity (Wildman–Crippen MR) is 148 cm³/mol. The Morgan fingerprint density at radius 3 is 2.11 bits per heavy atom. The lowest BCUT2D eigenvalue weighted by atomic mass is 10.0. The van der Waals surface area contributed by atoms with E-state index in [1.807, 2.05) is 72.8 Å². The molecule has 0 amide bonds. The molecule has 36 heavy (non-hydrogen) atoms. The average Bonchev–Trinajstić information content (AvgIpc) is 2.93. The summed E-state index contributed by atoms with van der Waals surface area (Å²) < 4.78 is 16.3. The lowest BCUT2D eigenvalue weighted by Crippen LogP contribution is -1.94. The number of ketones is 1. The van der Waals surface area contributed by atoms with Crippen molar-refractivity contribution < 1.29 is 19.0 Å². The number of allylic oxidation sites excluding steroid dienone is 2. The summed E-state index contributed by atoms with van der Waals surface area (Å²) in [5.74, 6) is 1.96. The standard InChI is InChI=1S/C32H28O4/c1-34-28-18-12-23(13-19-28)11-14-26-21-29(35-2)22-32(36-3)31(26)20-17-27(33)16-15-25-9-6-8-24-7-4-5-10-30(24)25/h4-22H,1-3H3/b14-11+,16-15+,20-17+. The van der Waals surface area contributed by atoms with Crippen LogP contribution in [-0.4, -0.2) is 27.1 Å². The molecule has 4 nitrogen and oxygen atoms in total. The minimum atomic E-state index is -0.120. The van der Waals surface area contributed by atoms with Gasteiger partial charge in [-0.25, -0.2) is 0 Å². The molecule has 0 saturated carbocycles. The highest BCUT2D eigenvalue weighted by atomic mass is 16.5. The molecular weight excluding hydrogens is 448 g/mol. The number of hydrogen-bond acceptors (Lipinski definition) is 4. The zero-order valence-electron chi connectivity index (χ0n) is 20.6. The van der Waals surface area contributed by atoms with Gasteiger partial charge in [0.05, 0.1) is 21.3 Å². The molecule has 0 saturated heterocycles. The van der Waals surface area contributed by atoms with Gasteiger partial charge in [0.2, 0.25) is 0 Å². The van der Waals surface area contributed by atoms with E-state index in [9.17, 15) is 4.79 Å². The van der Waals surface area contributed by atoms with Gasteiger partial charge in [-0.2, -0.15) is 0 Å². The molecule has 0 aliphatic carbocycles. The molecule has 0 bridgehead atoms. The Kier molecular flexibility index (Phi) is 7.99. The summed E-state index contributed by atoms with van der Waals surface area (Å²) >= 11 is 0. The van der Waals surface area contributed by atoms with Crippen LogP contribution in [0.1, 0.15) is 22.3 Å². The summed E-state index contributed by atoms with van der Waals surface area (Å²) in [6.45, 7) is 0. The lowest BCUT2D eigenvalue weighted by Gasteiger charge is -2.11. The maximum absolute atomic E-state index is 12.7. The maximum Gasteiger partial charge on any atom is 0.178 e. The molecular formula is C32H28O4. The molecule has 4 rings (SSSR count). The molecule has 0 aromatic heterocycles. The molecule has 4 aromatic rings. The Balaban J connectivity index is 1.61. The number of methoxy groups -OCH3 is 3. The highest BCUT2D eigenvalue weighted by Gasteiger charge is 2.09. The van der Waals surface area contributed by atoms with Crippen LogP contribution in [0, 0.1) is 0 Å². The van der Waals surface area contributed by atoms with E-state index in [4.69, 9.17) is 14.2 Å². The van der Waals surface area contributed by atoms with E-state index in [-0.39, 0.29) is 5.78 Å². The first-order chi connectivity index (χ1) is 17.6. The van der Waals surface area contributed by atoms with Gasteiger partial charge in [0, 0.05) is 11.6 Å². The predicted octanol–water partition coefficient (Wildman–Crippen LogP) is 7.33. The third-order valence-electron chi connectivity index (χ3n) is 5.84. The van der Waals surface area contributed by atoms with Gasteiger partial charge in [-0.1, -0.05) is 72.8 Å². The molecule has 0 N–H and O–H groups in total. The van der Waals surface area contributed by atoms with Crippen LogP contribution in [0.5, 0.6) is 17.2 Å². The fraction of sp³-hybridized carbons (Fsp3) is 0.0938. The maximum atomic E-state index is 12.7. The summed E-state index contributed by atoms with van der Waals surface area (Å²) in [5, 5.41) is 2.25. The van der Waals surface area contributed by atoms with Gasteiger partial charge in [0.15, 0.2) is 5.78 Å². The molecule has 180 valence electrons. The summed E-state index contributed by atoms with van der Waals surface area (Å²) in [5.41, 5.74) is 3.67. The van der Waals surface area contributed by atoms with Crippen LogP contribution in [0.3, 0.4) is 0 Å². The van der Waals surface area contributed by atoms with Crippen molar-refractivity contribution in [1.82, 2.24) is 0 Å². The number of carbonyl (C=O) groups is 1. The van der Waals surface area contributed by atoms with E-state index in [0.717, 1.165) is 38.8 Å². The van der Waals surface area contributed by atoms with E-state index in [2.05, 4.69) is 18.2 Å². The van der Waals surface area contributed by atoms with Gasteiger partial charge < -0.3 is 14.2 Å². The monoisotopic (exact) mass is 476 g/mol. The number of ether oxygens (including phenoxy) is 3. The summed E-state index contributed by atoms with van der Waals surface area (Å²) in [4.78, 5) is 12.7. The average molecular weight is 477 g/mol. The first kappa shape index (κ1) is 24.6. The summed E-state index contributed by atoms with van der Waals surface area (Å²) in [7, 11) is 4.86. The van der Waals surface area contributed by atoms with Crippen molar-refractivity contribution in [2.24, 2.45) is 0 Å². The minimum absolute atomic E-state index is 0.120. The minimum Gasteiger partial charge on any atom is -0.497 e. The van der Waals surface area contributed by atoms with Gasteiger partial charge in [0.25, 0.3) is 0 Å². The number of benzene rings is 4. The van der Waals surface area contributed by atoms with Crippen molar-refractivity contribution in [2.45, 2.75) is 0 Å². The Morgan fingerprint density at radius 1 is 0.639 bits per heavy atom. The first-order valence-corrected chi connectivity index (χ1v) is 11.6. The zero-order valence-corrected chi connectivity index (χ0v) is 20.6. The second-order valence-corrected chi connectivity index (χ2v) is 8.08. The van der Waals surface area contributed by atoms with Crippen LogP contribution in [-0.2, 0) is 4.79 Å². The van der Waals surface area contributed by atoms with Crippen LogP contribution in [0.2, 0.25) is 0 Å². The third-order valence-corrected chi connectivity index (χ3v) is 5.84. The van der Waals surface area contributed by atoms with Crippen molar-refractivity contribution in [1.29, 1.82) is 0 Å². The third kappa shape index (κ3) is 5.91. The Labute approximate surface area is 211 Å². The quantitative estimate of drug-likeness (QED) is 0.187. The largest absolute Gasteiger partial charge is 0.497 e. The molecule has 0 heterocycles. The van der Waals surface area contributed by atoms with Crippen LogP contribution >= 0.6 is 0 Å². The van der Waals surface area contributed by atoms with Gasteiger partial charge in [-0.15, -0.1) is 0 Å². The number of hydrogen-bond donors (Lipinski definition) is 0. The van der Waals surface area contributed by atoms with Crippen LogP contribution in [0.25, 0.3) is 35.1 Å². The van der Waals surface area contributed by atoms with Crippen LogP contribution in [0.15, 0.2) is 91.0 Å². The molecule has 0 fully saturated rings. The van der Waals surface area contributed by atoms with Crippen molar-refractivity contribution in [2.75, 3.05) is 21.3 Å². The Bertz CT molecular complexity index is 1440. The lowest BCUT2D eigenvalue weighted by molar-refractivity contribution is -0.110.